The minimum Gasteiger partial charge on any atom is -0.476 e. The Morgan fingerprint density at radius 3 is 2.90 bits per heavy atom. The smallest absolute Gasteiger partial charge is 0.239 e. The molecule has 0 aliphatic rings. The maximum Gasteiger partial charge on any atom is 0.239 e. The van der Waals surface area contributed by atoms with Gasteiger partial charge in [0.25, 0.3) is 0 Å². The van der Waals surface area contributed by atoms with Crippen LogP contribution in [0.3, 0.4) is 0 Å². The molecule has 0 aliphatic carbocycles. The van der Waals surface area contributed by atoms with Gasteiger partial charge in [0, 0.05) is 6.54 Å². The van der Waals surface area contributed by atoms with E-state index >= 15 is 0 Å². The van der Waals surface area contributed by atoms with Crippen LogP contribution >= 0.6 is 0 Å². The predicted molar refractivity (Wildman–Crippen MR) is 78.4 cm³/mol. The number of rotatable bonds is 6. The lowest BCUT2D eigenvalue weighted by atomic mass is 10.1. The van der Waals surface area contributed by atoms with E-state index in [9.17, 15) is 4.39 Å². The van der Waals surface area contributed by atoms with Crippen molar-refractivity contribution in [2.45, 2.75) is 13.3 Å². The summed E-state index contributed by atoms with van der Waals surface area (Å²) in [5, 5.41) is 3.17. The Bertz CT molecular complexity index is 575. The normalized spacial score (nSPS) is 10.3. The Balaban J connectivity index is 1.92. The van der Waals surface area contributed by atoms with E-state index in [0.29, 0.717) is 37.0 Å². The van der Waals surface area contributed by atoms with Crippen LogP contribution in [0.2, 0.25) is 0 Å². The molecule has 3 N–H and O–H groups in total. The Morgan fingerprint density at radius 2 is 2.15 bits per heavy atom. The van der Waals surface area contributed by atoms with E-state index in [0.717, 1.165) is 5.56 Å². The number of benzene rings is 1. The van der Waals surface area contributed by atoms with E-state index in [-0.39, 0.29) is 5.82 Å². The molecule has 0 amide bonds. The number of nitrogens with two attached hydrogens (primary N) is 1. The van der Waals surface area contributed by atoms with Crippen molar-refractivity contribution in [2.75, 3.05) is 24.2 Å². The van der Waals surface area contributed by atoms with Crippen molar-refractivity contribution in [2.24, 2.45) is 0 Å². The largest absolute Gasteiger partial charge is 0.476 e. The molecule has 0 saturated heterocycles. The summed E-state index contributed by atoms with van der Waals surface area (Å²) in [6.45, 7) is 3.06. The Kier molecular flexibility index (Phi) is 4.76. The third kappa shape index (κ3) is 3.85. The fraction of sp³-hybridized carbons (Fsp3) is 0.267. The van der Waals surface area contributed by atoms with Crippen LogP contribution in [0.4, 0.5) is 15.9 Å². The molecule has 2 aromatic rings. The zero-order chi connectivity index (χ0) is 14.4. The van der Waals surface area contributed by atoms with Crippen molar-refractivity contribution >= 4 is 11.5 Å². The number of halogens is 1. The molecular weight excluding hydrogens is 257 g/mol. The van der Waals surface area contributed by atoms with Crippen LogP contribution in [-0.4, -0.2) is 18.1 Å². The zero-order valence-electron chi connectivity index (χ0n) is 11.4. The van der Waals surface area contributed by atoms with Crippen molar-refractivity contribution < 1.29 is 9.13 Å². The van der Waals surface area contributed by atoms with Crippen LogP contribution in [0.25, 0.3) is 0 Å². The SMILES string of the molecule is CCOc1nc(NCCc2cccc(F)c2)ccc1N. The molecule has 0 fully saturated rings. The number of hydrogen-bond donors (Lipinski definition) is 2. The number of aromatic nitrogens is 1. The molecule has 0 radical (unpaired) electrons. The Morgan fingerprint density at radius 1 is 1.30 bits per heavy atom. The molecule has 2 rings (SSSR count). The molecule has 0 unspecified atom stereocenters. The number of ether oxygens (including phenoxy) is 1. The van der Waals surface area contributed by atoms with Gasteiger partial charge in [0.2, 0.25) is 5.88 Å². The number of nitrogen functional groups attached to an aromatic ring is 1. The molecule has 0 aliphatic heterocycles. The van der Waals surface area contributed by atoms with Gasteiger partial charge in [0.05, 0.1) is 12.3 Å². The minimum absolute atomic E-state index is 0.216. The average molecular weight is 275 g/mol. The highest BCUT2D eigenvalue weighted by Crippen LogP contribution is 2.20. The van der Waals surface area contributed by atoms with E-state index in [1.807, 2.05) is 13.0 Å². The number of hydrogen-bond acceptors (Lipinski definition) is 4. The molecule has 1 aromatic heterocycles. The Labute approximate surface area is 117 Å². The third-order valence-electron chi connectivity index (χ3n) is 2.78. The molecule has 0 bridgehead atoms. The van der Waals surface area contributed by atoms with Crippen molar-refractivity contribution in [3.05, 3.63) is 47.8 Å². The highest BCUT2D eigenvalue weighted by atomic mass is 19.1. The molecular formula is C15H18FN3O. The lowest BCUT2D eigenvalue weighted by molar-refractivity contribution is 0.329. The molecule has 1 heterocycles. The average Bonchev–Trinajstić information content (AvgIpc) is 2.43. The fourth-order valence-electron chi connectivity index (χ4n) is 1.83. The summed E-state index contributed by atoms with van der Waals surface area (Å²) >= 11 is 0. The highest BCUT2D eigenvalue weighted by molar-refractivity contribution is 5.53. The molecule has 0 saturated carbocycles. The van der Waals surface area contributed by atoms with Gasteiger partial charge >= 0.3 is 0 Å². The maximum absolute atomic E-state index is 13.0. The predicted octanol–water partition coefficient (Wildman–Crippen LogP) is 2.86. The van der Waals surface area contributed by atoms with Gasteiger partial charge in [-0.25, -0.2) is 4.39 Å². The van der Waals surface area contributed by atoms with Gasteiger partial charge in [-0.15, -0.1) is 0 Å². The number of anilines is 2. The standard InChI is InChI=1S/C15H18FN3O/c1-2-20-15-13(17)6-7-14(19-15)18-9-8-11-4-3-5-12(16)10-11/h3-7,10H,2,8-9,17H2,1H3,(H,18,19). The summed E-state index contributed by atoms with van der Waals surface area (Å²) in [6, 6.07) is 10.1. The van der Waals surface area contributed by atoms with E-state index in [1.165, 1.54) is 12.1 Å². The van der Waals surface area contributed by atoms with Gasteiger partial charge in [-0.3, -0.25) is 0 Å². The van der Waals surface area contributed by atoms with Crippen molar-refractivity contribution in [1.82, 2.24) is 4.98 Å². The van der Waals surface area contributed by atoms with Gasteiger partial charge in [-0.2, -0.15) is 4.98 Å². The van der Waals surface area contributed by atoms with Crippen LogP contribution in [0, 0.1) is 5.82 Å². The summed E-state index contributed by atoms with van der Waals surface area (Å²) < 4.78 is 18.4. The third-order valence-corrected chi connectivity index (χ3v) is 2.78. The van der Waals surface area contributed by atoms with Gasteiger partial charge in [-0.05, 0) is 43.2 Å². The molecule has 0 spiro atoms. The summed E-state index contributed by atoms with van der Waals surface area (Å²) in [7, 11) is 0. The van der Waals surface area contributed by atoms with Crippen molar-refractivity contribution in [1.29, 1.82) is 0 Å². The second-order valence-corrected chi connectivity index (χ2v) is 4.33. The van der Waals surface area contributed by atoms with E-state index in [1.54, 1.807) is 18.2 Å². The van der Waals surface area contributed by atoms with Crippen LogP contribution in [0.5, 0.6) is 5.88 Å². The number of pyridine rings is 1. The first-order chi connectivity index (χ1) is 9.69. The monoisotopic (exact) mass is 275 g/mol. The summed E-state index contributed by atoms with van der Waals surface area (Å²) in [4.78, 5) is 4.28. The maximum atomic E-state index is 13.0. The summed E-state index contributed by atoms with van der Waals surface area (Å²) in [6.07, 6.45) is 0.716. The van der Waals surface area contributed by atoms with E-state index in [2.05, 4.69) is 10.3 Å². The highest BCUT2D eigenvalue weighted by Gasteiger charge is 2.03. The van der Waals surface area contributed by atoms with Crippen LogP contribution in [-0.2, 0) is 6.42 Å². The zero-order valence-corrected chi connectivity index (χ0v) is 11.4. The van der Waals surface area contributed by atoms with Crippen molar-refractivity contribution in [3.63, 3.8) is 0 Å². The van der Waals surface area contributed by atoms with Crippen molar-refractivity contribution in [3.8, 4) is 5.88 Å². The Hall–Kier alpha value is -2.30. The molecule has 1 aromatic carbocycles. The van der Waals surface area contributed by atoms with Gasteiger partial charge in [-0.1, -0.05) is 12.1 Å². The lowest BCUT2D eigenvalue weighted by Crippen LogP contribution is -2.08. The summed E-state index contributed by atoms with van der Waals surface area (Å²) in [5.41, 5.74) is 7.21. The van der Waals surface area contributed by atoms with Crippen LogP contribution in [0.15, 0.2) is 36.4 Å². The number of nitrogens with one attached hydrogen (secondary N) is 1. The van der Waals surface area contributed by atoms with Gasteiger partial charge in [0.15, 0.2) is 0 Å². The molecule has 0 atom stereocenters. The van der Waals surface area contributed by atoms with Gasteiger partial charge < -0.3 is 15.8 Å². The summed E-state index contributed by atoms with van der Waals surface area (Å²) in [5.74, 6) is 0.911. The first-order valence-electron chi connectivity index (χ1n) is 6.56. The van der Waals surface area contributed by atoms with Gasteiger partial charge in [0.1, 0.15) is 11.6 Å². The first-order valence-corrected chi connectivity index (χ1v) is 6.56. The second-order valence-electron chi connectivity index (χ2n) is 4.33. The molecule has 4 nitrogen and oxygen atoms in total. The fourth-order valence-corrected chi connectivity index (χ4v) is 1.83. The quantitative estimate of drug-likeness (QED) is 0.851. The van der Waals surface area contributed by atoms with E-state index in [4.69, 9.17) is 10.5 Å². The molecule has 20 heavy (non-hydrogen) atoms. The molecule has 5 heteroatoms. The first kappa shape index (κ1) is 14.1. The topological polar surface area (TPSA) is 60.2 Å². The number of nitrogens with zero attached hydrogens (tertiary/aromatic N) is 1. The lowest BCUT2D eigenvalue weighted by Gasteiger charge is -2.09. The molecule has 106 valence electrons. The second kappa shape index (κ2) is 6.75. The van der Waals surface area contributed by atoms with E-state index < -0.39 is 0 Å². The van der Waals surface area contributed by atoms with Crippen LogP contribution < -0.4 is 15.8 Å². The van der Waals surface area contributed by atoms with Crippen LogP contribution in [0.1, 0.15) is 12.5 Å². The minimum atomic E-state index is -0.216.